The molecule has 0 aliphatic rings. The Labute approximate surface area is 89.8 Å². The molecule has 0 heterocycles. The summed E-state index contributed by atoms with van der Waals surface area (Å²) in [6, 6.07) is 12.2. The molecule has 0 saturated heterocycles. The van der Waals surface area contributed by atoms with Crippen LogP contribution in [0.3, 0.4) is 0 Å². The third-order valence-corrected chi connectivity index (χ3v) is 1.65. The molecule has 0 atom stereocenters. The molecule has 0 saturated carbocycles. The molecule has 1 aromatic carbocycles. The molecule has 3 heteroatoms. The summed E-state index contributed by atoms with van der Waals surface area (Å²) < 4.78 is 0. The van der Waals surface area contributed by atoms with Gasteiger partial charge in [0, 0.05) is 5.56 Å². The molecule has 0 fully saturated rings. The highest BCUT2D eigenvalue weighted by Crippen LogP contribution is 2.17. The fourth-order valence-corrected chi connectivity index (χ4v) is 1.02. The van der Waals surface area contributed by atoms with Gasteiger partial charge >= 0.3 is 0 Å². The first-order valence-corrected chi connectivity index (χ1v) is 4.61. The zero-order valence-corrected chi connectivity index (χ0v) is 8.73. The average Bonchev–Trinajstić information content (AvgIpc) is 2.34. The maximum absolute atomic E-state index is 8.69. The lowest BCUT2D eigenvalue weighted by molar-refractivity contribution is 1.09. The molecule has 0 spiro atoms. The molecule has 0 bridgehead atoms. The normalized spacial score (nSPS) is 7.73. The number of nitrogens with zero attached hydrogens (tertiary/aromatic N) is 3. The maximum Gasteiger partial charge on any atom is 0.159 e. The van der Waals surface area contributed by atoms with Crippen molar-refractivity contribution in [3.05, 3.63) is 35.4 Å². The molecular formula is C12H11N3. The summed E-state index contributed by atoms with van der Waals surface area (Å²) in [5, 5.41) is 25.9. The van der Waals surface area contributed by atoms with Crippen molar-refractivity contribution in [2.24, 2.45) is 0 Å². The van der Waals surface area contributed by atoms with Crippen molar-refractivity contribution in [2.45, 2.75) is 19.8 Å². The predicted molar refractivity (Wildman–Crippen MR) is 56.5 cm³/mol. The number of nitriles is 3. The van der Waals surface area contributed by atoms with Crippen LogP contribution in [-0.2, 0) is 0 Å². The van der Waals surface area contributed by atoms with E-state index in [0.717, 1.165) is 0 Å². The first-order valence-electron chi connectivity index (χ1n) is 4.61. The van der Waals surface area contributed by atoms with Gasteiger partial charge in [-0.3, -0.25) is 0 Å². The molecule has 0 aromatic heterocycles. The van der Waals surface area contributed by atoms with Gasteiger partial charge in [-0.25, -0.2) is 0 Å². The van der Waals surface area contributed by atoms with Crippen LogP contribution < -0.4 is 0 Å². The Hall–Kier alpha value is -2.31. The van der Waals surface area contributed by atoms with E-state index < -0.39 is 5.92 Å². The second-order valence-corrected chi connectivity index (χ2v) is 2.39. The highest BCUT2D eigenvalue weighted by molar-refractivity contribution is 5.44. The van der Waals surface area contributed by atoms with Crippen LogP contribution in [-0.4, -0.2) is 0 Å². The number of hydrogen-bond acceptors (Lipinski definition) is 3. The van der Waals surface area contributed by atoms with Crippen LogP contribution in [0, 0.1) is 34.0 Å². The van der Waals surface area contributed by atoms with Gasteiger partial charge < -0.3 is 0 Å². The van der Waals surface area contributed by atoms with Crippen LogP contribution in [0.1, 0.15) is 30.9 Å². The van der Waals surface area contributed by atoms with Crippen LogP contribution in [0.5, 0.6) is 0 Å². The van der Waals surface area contributed by atoms with Crippen LogP contribution >= 0.6 is 0 Å². The van der Waals surface area contributed by atoms with E-state index in [0.29, 0.717) is 11.1 Å². The number of rotatable bonds is 1. The predicted octanol–water partition coefficient (Wildman–Crippen LogP) is 2.72. The van der Waals surface area contributed by atoms with Gasteiger partial charge in [0.2, 0.25) is 0 Å². The van der Waals surface area contributed by atoms with Crippen molar-refractivity contribution in [3.8, 4) is 18.2 Å². The summed E-state index contributed by atoms with van der Waals surface area (Å²) >= 11 is 0. The van der Waals surface area contributed by atoms with E-state index >= 15 is 0 Å². The van der Waals surface area contributed by atoms with E-state index in [9.17, 15) is 0 Å². The molecule has 3 nitrogen and oxygen atoms in total. The summed E-state index contributed by atoms with van der Waals surface area (Å²) in [6.07, 6.45) is 0. The summed E-state index contributed by atoms with van der Waals surface area (Å²) in [5.41, 5.74) is 0.866. The summed E-state index contributed by atoms with van der Waals surface area (Å²) in [5.74, 6) is -0.851. The Morgan fingerprint density at radius 3 is 2.00 bits per heavy atom. The fourth-order valence-electron chi connectivity index (χ4n) is 1.02. The Balaban J connectivity index is 0.000000921. The van der Waals surface area contributed by atoms with E-state index in [4.69, 9.17) is 15.8 Å². The Morgan fingerprint density at radius 2 is 1.53 bits per heavy atom. The van der Waals surface area contributed by atoms with Gasteiger partial charge in [0.15, 0.2) is 5.92 Å². The van der Waals surface area contributed by atoms with Gasteiger partial charge in [0.1, 0.15) is 0 Å². The summed E-state index contributed by atoms with van der Waals surface area (Å²) in [7, 11) is 0. The molecular weight excluding hydrogens is 186 g/mol. The lowest BCUT2D eigenvalue weighted by atomic mass is 9.97. The van der Waals surface area contributed by atoms with Crippen molar-refractivity contribution < 1.29 is 0 Å². The van der Waals surface area contributed by atoms with Gasteiger partial charge in [0.25, 0.3) is 0 Å². The van der Waals surface area contributed by atoms with Crippen LogP contribution in [0.2, 0.25) is 0 Å². The minimum atomic E-state index is -0.851. The summed E-state index contributed by atoms with van der Waals surface area (Å²) in [4.78, 5) is 0. The zero-order chi connectivity index (χ0) is 11.7. The minimum absolute atomic E-state index is 0.385. The molecule has 1 aromatic rings. The van der Waals surface area contributed by atoms with E-state index in [1.165, 1.54) is 0 Å². The van der Waals surface area contributed by atoms with Gasteiger partial charge in [-0.15, -0.1) is 0 Å². The van der Waals surface area contributed by atoms with Crippen molar-refractivity contribution in [2.75, 3.05) is 0 Å². The first kappa shape index (κ1) is 12.7. The van der Waals surface area contributed by atoms with Gasteiger partial charge in [-0.05, 0) is 6.07 Å². The highest BCUT2D eigenvalue weighted by Gasteiger charge is 2.12. The molecule has 15 heavy (non-hydrogen) atoms. The van der Waals surface area contributed by atoms with Gasteiger partial charge in [-0.2, -0.15) is 15.8 Å². The highest BCUT2D eigenvalue weighted by atomic mass is 14.3. The Kier molecular flexibility index (Phi) is 6.03. The van der Waals surface area contributed by atoms with E-state index in [1.54, 1.807) is 24.3 Å². The molecule has 0 unspecified atom stereocenters. The molecule has 0 N–H and O–H groups in total. The lowest BCUT2D eigenvalue weighted by Crippen LogP contribution is -1.95. The van der Waals surface area contributed by atoms with Gasteiger partial charge in [0.05, 0.1) is 23.8 Å². The van der Waals surface area contributed by atoms with Crippen LogP contribution in [0.15, 0.2) is 24.3 Å². The fraction of sp³-hybridized carbons (Fsp3) is 0.250. The minimum Gasteiger partial charge on any atom is -0.196 e. The first-order chi connectivity index (χ1) is 7.33. The number of benzene rings is 1. The zero-order valence-electron chi connectivity index (χ0n) is 8.73. The van der Waals surface area contributed by atoms with E-state index in [-0.39, 0.29) is 0 Å². The Morgan fingerprint density at radius 1 is 1.00 bits per heavy atom. The van der Waals surface area contributed by atoms with E-state index in [1.807, 2.05) is 32.1 Å². The van der Waals surface area contributed by atoms with Crippen LogP contribution in [0.4, 0.5) is 0 Å². The SMILES string of the molecule is CC.N#Cc1ccccc1C(C#N)C#N. The molecule has 0 aliphatic heterocycles. The molecule has 0 radical (unpaired) electrons. The van der Waals surface area contributed by atoms with E-state index in [2.05, 4.69) is 0 Å². The van der Waals surface area contributed by atoms with Crippen molar-refractivity contribution in [1.82, 2.24) is 0 Å². The second-order valence-electron chi connectivity index (χ2n) is 2.39. The topological polar surface area (TPSA) is 71.4 Å². The van der Waals surface area contributed by atoms with Crippen molar-refractivity contribution in [1.29, 1.82) is 15.8 Å². The van der Waals surface area contributed by atoms with Gasteiger partial charge in [-0.1, -0.05) is 32.0 Å². The quantitative estimate of drug-likeness (QED) is 0.694. The third kappa shape index (κ3) is 3.14. The van der Waals surface area contributed by atoms with Crippen LogP contribution in [0.25, 0.3) is 0 Å². The van der Waals surface area contributed by atoms with Crippen molar-refractivity contribution in [3.63, 3.8) is 0 Å². The maximum atomic E-state index is 8.69. The lowest BCUT2D eigenvalue weighted by Gasteiger charge is -2.01. The van der Waals surface area contributed by atoms with Crippen molar-refractivity contribution >= 4 is 0 Å². The molecule has 0 amide bonds. The average molecular weight is 197 g/mol. The number of hydrogen-bond donors (Lipinski definition) is 0. The summed E-state index contributed by atoms with van der Waals surface area (Å²) in [6.45, 7) is 4.00. The molecule has 0 aliphatic carbocycles. The molecule has 1 rings (SSSR count). The smallest absolute Gasteiger partial charge is 0.159 e. The molecule has 74 valence electrons. The Bertz CT molecular complexity index is 415. The largest absolute Gasteiger partial charge is 0.196 e. The monoisotopic (exact) mass is 197 g/mol. The second kappa shape index (κ2) is 7.13. The standard InChI is InChI=1S/C10H5N3.C2H6/c11-5-8-3-1-2-4-10(8)9(6-12)7-13;1-2/h1-4,9H;1-2H3. The third-order valence-electron chi connectivity index (χ3n) is 1.65.